The van der Waals surface area contributed by atoms with Gasteiger partial charge < -0.3 is 9.13 Å². The van der Waals surface area contributed by atoms with Crippen LogP contribution < -0.4 is 0 Å². The highest BCUT2D eigenvalue weighted by atomic mass is 15.0. The van der Waals surface area contributed by atoms with Crippen molar-refractivity contribution in [1.82, 2.24) is 9.13 Å². The van der Waals surface area contributed by atoms with Crippen molar-refractivity contribution in [3.05, 3.63) is 150 Å². The van der Waals surface area contributed by atoms with Gasteiger partial charge in [-0.2, -0.15) is 5.26 Å². The summed E-state index contributed by atoms with van der Waals surface area (Å²) in [6.07, 6.45) is 0. The van der Waals surface area contributed by atoms with Gasteiger partial charge in [0.2, 0.25) is 0 Å². The first kappa shape index (κ1) is 23.8. The summed E-state index contributed by atoms with van der Waals surface area (Å²) in [6, 6.07) is 48.0. The summed E-state index contributed by atoms with van der Waals surface area (Å²) in [5, 5.41) is 14.2. The number of nitrogens with zero attached hydrogens (tertiary/aromatic N) is 4. The van der Waals surface area contributed by atoms with Gasteiger partial charge in [0.1, 0.15) is 0 Å². The second-order valence-corrected chi connectivity index (χ2v) is 10.5. The third-order valence-corrected chi connectivity index (χ3v) is 8.13. The summed E-state index contributed by atoms with van der Waals surface area (Å²) < 4.78 is 4.48. The standard InChI is InChI=1S/C38H22N4/c1-40-28-9-7-11-30(23-28)42-36-15-5-3-13-32(36)34-22-27(17-19-38(34)42)26-16-18-37-33(21-26)31-12-2-4-14-35(31)41(37)29-10-6-8-25(20-29)24-39/h2-23H. The number of fused-ring (bicyclic) bond motifs is 6. The number of nitriles is 1. The van der Waals surface area contributed by atoms with Crippen molar-refractivity contribution in [2.24, 2.45) is 0 Å². The van der Waals surface area contributed by atoms with Gasteiger partial charge >= 0.3 is 0 Å². The Morgan fingerprint density at radius 1 is 0.500 bits per heavy atom. The summed E-state index contributed by atoms with van der Waals surface area (Å²) in [7, 11) is 0. The first-order chi connectivity index (χ1) is 20.7. The second-order valence-electron chi connectivity index (χ2n) is 10.5. The predicted octanol–water partition coefficient (Wildman–Crippen LogP) is 9.97. The van der Waals surface area contributed by atoms with Gasteiger partial charge in [0.05, 0.1) is 40.3 Å². The first-order valence-electron chi connectivity index (χ1n) is 13.8. The third kappa shape index (κ3) is 3.53. The molecule has 8 rings (SSSR count). The van der Waals surface area contributed by atoms with E-state index in [1.165, 1.54) is 21.5 Å². The quantitative estimate of drug-likeness (QED) is 0.208. The minimum absolute atomic E-state index is 0.627. The van der Waals surface area contributed by atoms with Crippen LogP contribution >= 0.6 is 0 Å². The van der Waals surface area contributed by atoms with E-state index in [-0.39, 0.29) is 0 Å². The first-order valence-corrected chi connectivity index (χ1v) is 13.8. The lowest BCUT2D eigenvalue weighted by Crippen LogP contribution is -1.94. The molecule has 2 heterocycles. The number of hydrogen-bond donors (Lipinski definition) is 0. The van der Waals surface area contributed by atoms with Gasteiger partial charge in [-0.1, -0.05) is 66.7 Å². The highest BCUT2D eigenvalue weighted by molar-refractivity contribution is 6.12. The van der Waals surface area contributed by atoms with Crippen LogP contribution in [0.3, 0.4) is 0 Å². The van der Waals surface area contributed by atoms with Crippen LogP contribution in [0.2, 0.25) is 0 Å². The maximum atomic E-state index is 9.51. The maximum absolute atomic E-state index is 9.51. The van der Waals surface area contributed by atoms with E-state index in [0.29, 0.717) is 11.3 Å². The van der Waals surface area contributed by atoms with E-state index in [1.807, 2.05) is 36.4 Å². The van der Waals surface area contributed by atoms with Gasteiger partial charge in [0, 0.05) is 32.9 Å². The Morgan fingerprint density at radius 3 is 1.60 bits per heavy atom. The fraction of sp³-hybridized carbons (Fsp3) is 0. The largest absolute Gasteiger partial charge is 0.311 e. The summed E-state index contributed by atoms with van der Waals surface area (Å²) in [5.41, 5.74) is 9.96. The van der Waals surface area contributed by atoms with Crippen LogP contribution in [0.15, 0.2) is 133 Å². The highest BCUT2D eigenvalue weighted by Gasteiger charge is 2.16. The van der Waals surface area contributed by atoms with Crippen LogP contribution in [0.5, 0.6) is 0 Å². The van der Waals surface area contributed by atoms with E-state index < -0.39 is 0 Å². The minimum atomic E-state index is 0.627. The molecule has 0 fully saturated rings. The van der Waals surface area contributed by atoms with Crippen molar-refractivity contribution in [2.75, 3.05) is 0 Å². The molecule has 0 amide bonds. The van der Waals surface area contributed by atoms with Crippen molar-refractivity contribution in [1.29, 1.82) is 5.26 Å². The summed E-state index contributed by atoms with van der Waals surface area (Å²) >= 11 is 0. The lowest BCUT2D eigenvalue weighted by molar-refractivity contribution is 1.18. The van der Waals surface area contributed by atoms with Crippen LogP contribution in [0.1, 0.15) is 5.56 Å². The molecule has 0 atom stereocenters. The van der Waals surface area contributed by atoms with Gasteiger partial charge in [0.15, 0.2) is 5.69 Å². The molecule has 0 aliphatic rings. The van der Waals surface area contributed by atoms with E-state index in [1.54, 1.807) is 0 Å². The van der Waals surface area contributed by atoms with Crippen LogP contribution in [0, 0.1) is 17.9 Å². The SMILES string of the molecule is [C-]#[N+]c1cccc(-n2c3ccccc3c3cc(-c4ccc5c(c4)c4ccccc4n5-c4cccc(C#N)c4)ccc32)c1. The van der Waals surface area contributed by atoms with Gasteiger partial charge in [-0.25, -0.2) is 4.85 Å². The Morgan fingerprint density at radius 2 is 1.02 bits per heavy atom. The number of para-hydroxylation sites is 2. The van der Waals surface area contributed by atoms with E-state index >= 15 is 0 Å². The molecule has 6 aromatic carbocycles. The van der Waals surface area contributed by atoms with Gasteiger partial charge in [-0.15, -0.1) is 0 Å². The fourth-order valence-corrected chi connectivity index (χ4v) is 6.28. The normalized spacial score (nSPS) is 11.3. The lowest BCUT2D eigenvalue weighted by Gasteiger charge is -2.10. The summed E-state index contributed by atoms with van der Waals surface area (Å²) in [4.78, 5) is 3.65. The third-order valence-electron chi connectivity index (χ3n) is 8.13. The Labute approximate surface area is 242 Å². The maximum Gasteiger partial charge on any atom is 0.189 e. The molecule has 42 heavy (non-hydrogen) atoms. The molecule has 0 unspecified atom stereocenters. The van der Waals surface area contributed by atoms with Crippen molar-refractivity contribution in [3.63, 3.8) is 0 Å². The van der Waals surface area contributed by atoms with E-state index in [0.717, 1.165) is 44.6 Å². The Balaban J connectivity index is 1.34. The molecule has 0 spiro atoms. The van der Waals surface area contributed by atoms with Crippen LogP contribution in [0.4, 0.5) is 5.69 Å². The van der Waals surface area contributed by atoms with Crippen molar-refractivity contribution < 1.29 is 0 Å². The van der Waals surface area contributed by atoms with E-state index in [2.05, 4.69) is 117 Å². The number of benzene rings is 6. The zero-order valence-corrected chi connectivity index (χ0v) is 22.5. The number of aromatic nitrogens is 2. The topological polar surface area (TPSA) is 38.0 Å². The fourth-order valence-electron chi connectivity index (χ4n) is 6.28. The molecule has 0 saturated heterocycles. The molecule has 2 aromatic heterocycles. The molecule has 8 aromatic rings. The number of hydrogen-bond acceptors (Lipinski definition) is 1. The minimum Gasteiger partial charge on any atom is -0.311 e. The molecular weight excluding hydrogens is 512 g/mol. The Kier molecular flexibility index (Phi) is 5.22. The van der Waals surface area contributed by atoms with E-state index in [9.17, 15) is 5.26 Å². The van der Waals surface area contributed by atoms with Crippen molar-refractivity contribution in [3.8, 4) is 28.6 Å². The number of rotatable bonds is 3. The smallest absolute Gasteiger partial charge is 0.189 e. The van der Waals surface area contributed by atoms with E-state index in [4.69, 9.17) is 6.57 Å². The van der Waals surface area contributed by atoms with Crippen LogP contribution in [-0.4, -0.2) is 9.13 Å². The molecule has 0 aliphatic carbocycles. The Bertz CT molecular complexity index is 2270. The zero-order valence-electron chi connectivity index (χ0n) is 22.5. The highest BCUT2D eigenvalue weighted by Crippen LogP contribution is 2.38. The van der Waals surface area contributed by atoms with Crippen molar-refractivity contribution in [2.45, 2.75) is 0 Å². The molecule has 0 N–H and O–H groups in total. The Hall–Kier alpha value is -6.10. The molecule has 0 saturated carbocycles. The van der Waals surface area contributed by atoms with Crippen LogP contribution in [-0.2, 0) is 0 Å². The molecule has 0 aliphatic heterocycles. The monoisotopic (exact) mass is 534 g/mol. The summed E-state index contributed by atoms with van der Waals surface area (Å²) in [5.74, 6) is 0. The molecule has 0 radical (unpaired) electrons. The van der Waals surface area contributed by atoms with Gasteiger partial charge in [-0.05, 0) is 77.9 Å². The average Bonchev–Trinajstić information content (AvgIpc) is 3.57. The molecule has 4 nitrogen and oxygen atoms in total. The average molecular weight is 535 g/mol. The molecule has 4 heteroatoms. The molecule has 0 bridgehead atoms. The van der Waals surface area contributed by atoms with Gasteiger partial charge in [-0.3, -0.25) is 0 Å². The predicted molar refractivity (Wildman–Crippen MR) is 172 cm³/mol. The zero-order chi connectivity index (χ0) is 28.2. The lowest BCUT2D eigenvalue weighted by atomic mass is 10.0. The molecule has 194 valence electrons. The van der Waals surface area contributed by atoms with Crippen LogP contribution in [0.25, 0.3) is 71.0 Å². The second kappa shape index (κ2) is 9.24. The summed E-state index contributed by atoms with van der Waals surface area (Å²) in [6.45, 7) is 7.49. The van der Waals surface area contributed by atoms with Crippen molar-refractivity contribution >= 4 is 49.3 Å². The molecular formula is C38H22N4. The van der Waals surface area contributed by atoms with Gasteiger partial charge in [0.25, 0.3) is 0 Å².